The Morgan fingerprint density at radius 1 is 0.957 bits per heavy atom. The molecule has 0 bridgehead atoms. The van der Waals surface area contributed by atoms with Crippen molar-refractivity contribution in [3.05, 3.63) is 65.5 Å². The van der Waals surface area contributed by atoms with E-state index in [0.717, 1.165) is 17.1 Å². The fraction of sp³-hybridized carbons (Fsp3) is 0.200. The highest BCUT2D eigenvalue weighted by molar-refractivity contribution is 7.98. The summed E-state index contributed by atoms with van der Waals surface area (Å²) in [4.78, 5) is 10.7. The summed E-state index contributed by atoms with van der Waals surface area (Å²) < 4.78 is 0. The van der Waals surface area contributed by atoms with Crippen molar-refractivity contribution in [2.75, 3.05) is 0 Å². The van der Waals surface area contributed by atoms with E-state index in [9.17, 15) is 0 Å². The molecule has 1 aliphatic carbocycles. The molecular weight excluding hydrogens is 300 g/mol. The van der Waals surface area contributed by atoms with Crippen LogP contribution in [0.15, 0.2) is 53.7 Å². The number of fused-ring (bicyclic) bond motifs is 7. The summed E-state index contributed by atoms with van der Waals surface area (Å²) in [6.45, 7) is 4.62. The Morgan fingerprint density at radius 3 is 2.61 bits per heavy atom. The van der Waals surface area contributed by atoms with Gasteiger partial charge in [0.25, 0.3) is 0 Å². The Labute approximate surface area is 140 Å². The first-order chi connectivity index (χ1) is 11.2. The van der Waals surface area contributed by atoms with Crippen molar-refractivity contribution in [1.29, 1.82) is 0 Å². The number of nitrogens with zero attached hydrogens (tertiary/aromatic N) is 2. The van der Waals surface area contributed by atoms with Crippen LogP contribution in [-0.2, 0) is 11.2 Å². The van der Waals surface area contributed by atoms with Gasteiger partial charge in [0.15, 0.2) is 0 Å². The summed E-state index contributed by atoms with van der Waals surface area (Å²) in [6.07, 6.45) is 3.80. The fourth-order valence-corrected chi connectivity index (χ4v) is 5.01. The third-order valence-corrected chi connectivity index (χ3v) is 6.14. The zero-order chi connectivity index (χ0) is 15.6. The highest BCUT2D eigenvalue weighted by Gasteiger charge is 2.40. The first kappa shape index (κ1) is 13.3. The van der Waals surface area contributed by atoms with E-state index in [-0.39, 0.29) is 5.41 Å². The fourth-order valence-electron chi connectivity index (χ4n) is 3.99. The van der Waals surface area contributed by atoms with Gasteiger partial charge in [0.1, 0.15) is 0 Å². The third-order valence-electron chi connectivity index (χ3n) is 5.04. The quantitative estimate of drug-likeness (QED) is 0.580. The standard InChI is InChI=1S/C20H16N2S/c1-20(2)14-5-3-9-21-18(14)13-8-7-12-11-23-15-6-4-10-22-19(15)16(12)17(13)20/h3-10H,11H2,1-2H3. The molecule has 0 radical (unpaired) electrons. The number of hydrogen-bond acceptors (Lipinski definition) is 3. The molecule has 3 heteroatoms. The van der Waals surface area contributed by atoms with Gasteiger partial charge < -0.3 is 0 Å². The lowest BCUT2D eigenvalue weighted by molar-refractivity contribution is 0.659. The van der Waals surface area contributed by atoms with Gasteiger partial charge in [-0.05, 0) is 34.9 Å². The molecule has 0 unspecified atom stereocenters. The third kappa shape index (κ3) is 1.66. The molecule has 0 saturated heterocycles. The molecule has 1 aromatic carbocycles. The van der Waals surface area contributed by atoms with Gasteiger partial charge in [-0.15, -0.1) is 11.8 Å². The predicted molar refractivity (Wildman–Crippen MR) is 94.6 cm³/mol. The van der Waals surface area contributed by atoms with Gasteiger partial charge >= 0.3 is 0 Å². The maximum Gasteiger partial charge on any atom is 0.0844 e. The summed E-state index contributed by atoms with van der Waals surface area (Å²) >= 11 is 1.88. The maximum absolute atomic E-state index is 4.73. The number of thioether (sulfide) groups is 1. The van der Waals surface area contributed by atoms with E-state index in [1.165, 1.54) is 32.7 Å². The molecule has 0 N–H and O–H groups in total. The number of rotatable bonds is 0. The van der Waals surface area contributed by atoms with E-state index < -0.39 is 0 Å². The normalized spacial score (nSPS) is 16.3. The molecule has 112 valence electrons. The lowest BCUT2D eigenvalue weighted by atomic mass is 9.78. The second-order valence-electron chi connectivity index (χ2n) is 6.69. The first-order valence-electron chi connectivity index (χ1n) is 7.88. The van der Waals surface area contributed by atoms with E-state index >= 15 is 0 Å². The zero-order valence-corrected chi connectivity index (χ0v) is 13.9. The molecule has 2 aromatic heterocycles. The lowest BCUT2D eigenvalue weighted by Crippen LogP contribution is -2.18. The van der Waals surface area contributed by atoms with Gasteiger partial charge in [-0.1, -0.05) is 32.0 Å². The highest BCUT2D eigenvalue weighted by Crippen LogP contribution is 2.54. The molecule has 0 saturated carbocycles. The minimum Gasteiger partial charge on any atom is -0.256 e. The van der Waals surface area contributed by atoms with Crippen LogP contribution in [0.4, 0.5) is 0 Å². The van der Waals surface area contributed by atoms with Crippen molar-refractivity contribution in [2.24, 2.45) is 0 Å². The monoisotopic (exact) mass is 316 g/mol. The molecule has 0 fully saturated rings. The molecule has 1 aliphatic heterocycles. The Morgan fingerprint density at radius 2 is 1.74 bits per heavy atom. The molecule has 2 nitrogen and oxygen atoms in total. The van der Waals surface area contributed by atoms with Gasteiger partial charge in [0.05, 0.1) is 11.4 Å². The SMILES string of the molecule is CC1(C)c2cccnc2-c2ccc3c(c21)-c1ncccc1SC3. The van der Waals surface area contributed by atoms with Crippen LogP contribution in [0.5, 0.6) is 0 Å². The summed E-state index contributed by atoms with van der Waals surface area (Å²) in [5, 5.41) is 0. The second kappa shape index (κ2) is 4.45. The maximum atomic E-state index is 4.73. The number of pyridine rings is 2. The van der Waals surface area contributed by atoms with Gasteiger partial charge in [-0.3, -0.25) is 9.97 Å². The van der Waals surface area contributed by atoms with Crippen LogP contribution in [0, 0.1) is 0 Å². The predicted octanol–water partition coefficient (Wildman–Crippen LogP) is 5.06. The second-order valence-corrected chi connectivity index (χ2v) is 7.70. The van der Waals surface area contributed by atoms with E-state index in [4.69, 9.17) is 4.98 Å². The molecule has 23 heavy (non-hydrogen) atoms. The van der Waals surface area contributed by atoms with Gasteiger partial charge in [-0.25, -0.2) is 0 Å². The van der Waals surface area contributed by atoms with Crippen LogP contribution in [0.1, 0.15) is 30.5 Å². The van der Waals surface area contributed by atoms with Crippen molar-refractivity contribution in [1.82, 2.24) is 9.97 Å². The van der Waals surface area contributed by atoms with Crippen LogP contribution in [0.2, 0.25) is 0 Å². The molecule has 3 heterocycles. The molecule has 0 atom stereocenters. The minimum atomic E-state index is -0.0406. The minimum absolute atomic E-state index is 0.0406. The van der Waals surface area contributed by atoms with E-state index in [1.54, 1.807) is 0 Å². The Kier molecular flexibility index (Phi) is 2.58. The molecule has 0 amide bonds. The molecule has 2 aliphatic rings. The lowest BCUT2D eigenvalue weighted by Gasteiger charge is -2.28. The Hall–Kier alpha value is -2.13. The topological polar surface area (TPSA) is 25.8 Å². The number of aromatic nitrogens is 2. The highest BCUT2D eigenvalue weighted by atomic mass is 32.2. The number of hydrogen-bond donors (Lipinski definition) is 0. The van der Waals surface area contributed by atoms with Gasteiger partial charge in [0.2, 0.25) is 0 Å². The summed E-state index contributed by atoms with van der Waals surface area (Å²) in [7, 11) is 0. The van der Waals surface area contributed by atoms with E-state index in [0.29, 0.717) is 0 Å². The van der Waals surface area contributed by atoms with Crippen molar-refractivity contribution in [2.45, 2.75) is 29.9 Å². The van der Waals surface area contributed by atoms with Crippen molar-refractivity contribution in [3.63, 3.8) is 0 Å². The molecule has 0 spiro atoms. The summed E-state index contributed by atoms with van der Waals surface area (Å²) in [5.41, 5.74) is 8.93. The van der Waals surface area contributed by atoms with Crippen molar-refractivity contribution >= 4 is 11.8 Å². The van der Waals surface area contributed by atoms with Crippen molar-refractivity contribution in [3.8, 4) is 22.5 Å². The Bertz CT molecular complexity index is 960. The average molecular weight is 316 g/mol. The van der Waals surface area contributed by atoms with Crippen LogP contribution in [-0.4, -0.2) is 9.97 Å². The van der Waals surface area contributed by atoms with Crippen LogP contribution in [0.3, 0.4) is 0 Å². The van der Waals surface area contributed by atoms with Crippen LogP contribution in [0.25, 0.3) is 22.5 Å². The molecule has 5 rings (SSSR count). The molecule has 3 aromatic rings. The van der Waals surface area contributed by atoms with Crippen LogP contribution >= 0.6 is 11.8 Å². The van der Waals surface area contributed by atoms with E-state index in [1.807, 2.05) is 36.3 Å². The summed E-state index contributed by atoms with van der Waals surface area (Å²) in [5.74, 6) is 1.02. The van der Waals surface area contributed by atoms with Crippen molar-refractivity contribution < 1.29 is 0 Å². The van der Waals surface area contributed by atoms with E-state index in [2.05, 4.69) is 43.1 Å². The molecular formula is C20H16N2S. The smallest absolute Gasteiger partial charge is 0.0844 e. The summed E-state index contributed by atoms with van der Waals surface area (Å²) in [6, 6.07) is 13.0. The van der Waals surface area contributed by atoms with Crippen LogP contribution < -0.4 is 0 Å². The van der Waals surface area contributed by atoms with Gasteiger partial charge in [-0.2, -0.15) is 0 Å². The van der Waals surface area contributed by atoms with Gasteiger partial charge in [0, 0.05) is 39.6 Å². The first-order valence-corrected chi connectivity index (χ1v) is 8.87. The number of benzene rings is 1. The Balaban J connectivity index is 1.91. The zero-order valence-electron chi connectivity index (χ0n) is 13.1. The largest absolute Gasteiger partial charge is 0.256 e. The average Bonchev–Trinajstić information content (AvgIpc) is 2.83.